The third kappa shape index (κ3) is 4.29. The first-order valence-electron chi connectivity index (χ1n) is 7.53. The number of fused-ring (bicyclic) bond motifs is 1. The highest BCUT2D eigenvalue weighted by Gasteiger charge is 2.15. The van der Waals surface area contributed by atoms with E-state index in [4.69, 9.17) is 26.7 Å². The number of hydrogen-bond donors (Lipinski definition) is 2. The normalized spacial score (nSPS) is 14.9. The van der Waals surface area contributed by atoms with Crippen molar-refractivity contribution in [2.75, 3.05) is 56.8 Å². The molecule has 8 heteroatoms. The van der Waals surface area contributed by atoms with Gasteiger partial charge in [-0.1, -0.05) is 11.3 Å². The third-order valence-corrected chi connectivity index (χ3v) is 4.83. The number of nitrogens with one attached hydrogen (secondary N) is 2. The molecule has 0 radical (unpaired) electrons. The second-order valence-corrected chi connectivity index (χ2v) is 6.57. The van der Waals surface area contributed by atoms with Crippen molar-refractivity contribution in [2.45, 2.75) is 0 Å². The van der Waals surface area contributed by atoms with Gasteiger partial charge in [-0.05, 0) is 30.4 Å². The maximum Gasteiger partial charge on any atom is 0.186 e. The minimum Gasteiger partial charge on any atom is -0.383 e. The van der Waals surface area contributed by atoms with Crippen molar-refractivity contribution in [1.29, 1.82) is 0 Å². The Labute approximate surface area is 144 Å². The van der Waals surface area contributed by atoms with Crippen molar-refractivity contribution in [2.24, 2.45) is 0 Å². The van der Waals surface area contributed by atoms with Gasteiger partial charge in [0, 0.05) is 32.4 Å². The highest BCUT2D eigenvalue weighted by atomic mass is 32.1. The van der Waals surface area contributed by atoms with Crippen LogP contribution in [-0.4, -0.2) is 56.7 Å². The molecular weight excluding hydrogens is 332 g/mol. The molecule has 1 aromatic heterocycles. The Balaban J connectivity index is 1.67. The zero-order chi connectivity index (χ0) is 16.1. The second kappa shape index (κ2) is 7.87. The summed E-state index contributed by atoms with van der Waals surface area (Å²) in [6.45, 7) is 4.65. The predicted molar refractivity (Wildman–Crippen MR) is 98.8 cm³/mol. The molecule has 3 rings (SSSR count). The molecule has 2 heterocycles. The van der Waals surface area contributed by atoms with Crippen molar-refractivity contribution < 1.29 is 9.47 Å². The smallest absolute Gasteiger partial charge is 0.186 e. The van der Waals surface area contributed by atoms with Gasteiger partial charge in [0.2, 0.25) is 0 Å². The number of thiocarbonyl (C=S) groups is 1. The van der Waals surface area contributed by atoms with Crippen LogP contribution in [0, 0.1) is 0 Å². The fraction of sp³-hybridized carbons (Fsp3) is 0.467. The molecule has 0 aliphatic carbocycles. The number of nitrogens with zero attached hydrogens (tertiary/aromatic N) is 2. The lowest BCUT2D eigenvalue weighted by Gasteiger charge is -2.25. The molecular formula is C15H20N4O2S2. The van der Waals surface area contributed by atoms with Crippen LogP contribution in [0.2, 0.25) is 0 Å². The van der Waals surface area contributed by atoms with Crippen LogP contribution in [0.3, 0.4) is 0 Å². The van der Waals surface area contributed by atoms with E-state index in [-0.39, 0.29) is 0 Å². The average Bonchev–Trinajstić information content (AvgIpc) is 2.99. The Bertz CT molecular complexity index is 671. The van der Waals surface area contributed by atoms with Crippen LogP contribution in [0.25, 0.3) is 10.2 Å². The lowest BCUT2D eigenvalue weighted by Crippen LogP contribution is -2.36. The zero-order valence-electron chi connectivity index (χ0n) is 13.0. The lowest BCUT2D eigenvalue weighted by atomic mass is 10.3. The molecule has 0 amide bonds. The number of benzene rings is 1. The van der Waals surface area contributed by atoms with Crippen molar-refractivity contribution in [3.8, 4) is 0 Å². The Morgan fingerprint density at radius 3 is 3.04 bits per heavy atom. The fourth-order valence-electron chi connectivity index (χ4n) is 2.32. The molecule has 2 N–H and O–H groups in total. The van der Waals surface area contributed by atoms with Crippen LogP contribution in [0.15, 0.2) is 18.2 Å². The molecule has 1 aliphatic rings. The fourth-order valence-corrected chi connectivity index (χ4v) is 3.60. The zero-order valence-corrected chi connectivity index (χ0v) is 14.6. The molecule has 0 saturated carbocycles. The van der Waals surface area contributed by atoms with Gasteiger partial charge in [0.05, 0.1) is 30.0 Å². The number of anilines is 2. The van der Waals surface area contributed by atoms with Gasteiger partial charge in [0.25, 0.3) is 0 Å². The molecule has 23 heavy (non-hydrogen) atoms. The standard InChI is InChI=1S/C15H20N4O2S2/c1-20-7-4-16-14(22)17-11-2-3-12-13(10-11)23-15(18-12)19-5-8-21-9-6-19/h2-3,10H,4-9H2,1H3,(H2,16,17,22). The number of thiazole rings is 1. The second-order valence-electron chi connectivity index (χ2n) is 5.15. The van der Waals surface area contributed by atoms with Gasteiger partial charge in [-0.15, -0.1) is 0 Å². The maximum absolute atomic E-state index is 5.39. The number of rotatable bonds is 5. The van der Waals surface area contributed by atoms with Crippen LogP contribution in [0.5, 0.6) is 0 Å². The van der Waals surface area contributed by atoms with E-state index in [0.717, 1.165) is 47.3 Å². The molecule has 0 bridgehead atoms. The number of morpholine rings is 1. The molecule has 0 spiro atoms. The van der Waals surface area contributed by atoms with Crippen molar-refractivity contribution in [3.63, 3.8) is 0 Å². The first-order chi connectivity index (χ1) is 11.3. The molecule has 0 atom stereocenters. The summed E-state index contributed by atoms with van der Waals surface area (Å²) in [5.41, 5.74) is 1.98. The lowest BCUT2D eigenvalue weighted by molar-refractivity contribution is 0.122. The Morgan fingerprint density at radius 2 is 2.26 bits per heavy atom. The first kappa shape index (κ1) is 16.4. The summed E-state index contributed by atoms with van der Waals surface area (Å²) in [7, 11) is 1.67. The van der Waals surface area contributed by atoms with E-state index in [1.54, 1.807) is 18.4 Å². The summed E-state index contributed by atoms with van der Waals surface area (Å²) in [5.74, 6) is 0. The van der Waals surface area contributed by atoms with Gasteiger partial charge in [-0.25, -0.2) is 4.98 Å². The maximum atomic E-state index is 5.39. The van der Waals surface area contributed by atoms with E-state index in [9.17, 15) is 0 Å². The summed E-state index contributed by atoms with van der Waals surface area (Å²) in [4.78, 5) is 6.99. The molecule has 6 nitrogen and oxygen atoms in total. The summed E-state index contributed by atoms with van der Waals surface area (Å²) in [6, 6.07) is 6.10. The van der Waals surface area contributed by atoms with Gasteiger partial charge in [-0.2, -0.15) is 0 Å². The minimum atomic E-state index is 0.597. The molecule has 1 fully saturated rings. The molecule has 1 saturated heterocycles. The summed E-state index contributed by atoms with van der Waals surface area (Å²) >= 11 is 6.97. The van der Waals surface area contributed by atoms with Crippen molar-refractivity contribution >= 4 is 49.7 Å². The van der Waals surface area contributed by atoms with Gasteiger partial charge >= 0.3 is 0 Å². The number of methoxy groups -OCH3 is 1. The van der Waals surface area contributed by atoms with Crippen LogP contribution >= 0.6 is 23.6 Å². The van der Waals surface area contributed by atoms with Gasteiger partial charge in [0.1, 0.15) is 0 Å². The average molecular weight is 352 g/mol. The van der Waals surface area contributed by atoms with E-state index in [0.29, 0.717) is 18.3 Å². The molecule has 0 unspecified atom stereocenters. The minimum absolute atomic E-state index is 0.597. The monoisotopic (exact) mass is 352 g/mol. The molecule has 1 aromatic carbocycles. The number of ether oxygens (including phenoxy) is 2. The van der Waals surface area contributed by atoms with Gasteiger partial charge in [0.15, 0.2) is 10.2 Å². The highest BCUT2D eigenvalue weighted by Crippen LogP contribution is 2.31. The summed E-state index contributed by atoms with van der Waals surface area (Å²) in [5, 5.41) is 7.94. The molecule has 124 valence electrons. The van der Waals surface area contributed by atoms with E-state index < -0.39 is 0 Å². The van der Waals surface area contributed by atoms with Crippen LogP contribution in [0.4, 0.5) is 10.8 Å². The molecule has 2 aromatic rings. The van der Waals surface area contributed by atoms with E-state index in [1.165, 1.54) is 0 Å². The van der Waals surface area contributed by atoms with E-state index >= 15 is 0 Å². The van der Waals surface area contributed by atoms with Crippen molar-refractivity contribution in [1.82, 2.24) is 10.3 Å². The number of hydrogen-bond acceptors (Lipinski definition) is 6. The van der Waals surface area contributed by atoms with Gasteiger partial charge in [-0.3, -0.25) is 0 Å². The third-order valence-electron chi connectivity index (χ3n) is 3.51. The predicted octanol–water partition coefficient (Wildman–Crippen LogP) is 2.07. The quantitative estimate of drug-likeness (QED) is 0.631. The topological polar surface area (TPSA) is 58.7 Å². The van der Waals surface area contributed by atoms with Crippen LogP contribution in [0.1, 0.15) is 0 Å². The summed E-state index contributed by atoms with van der Waals surface area (Å²) in [6.07, 6.45) is 0. The highest BCUT2D eigenvalue weighted by molar-refractivity contribution is 7.80. The largest absolute Gasteiger partial charge is 0.383 e. The summed E-state index contributed by atoms with van der Waals surface area (Å²) < 4.78 is 11.5. The van der Waals surface area contributed by atoms with E-state index in [2.05, 4.69) is 21.6 Å². The Hall–Kier alpha value is -1.48. The van der Waals surface area contributed by atoms with Crippen LogP contribution in [-0.2, 0) is 9.47 Å². The van der Waals surface area contributed by atoms with E-state index in [1.807, 2.05) is 12.1 Å². The SMILES string of the molecule is COCCNC(=S)Nc1ccc2nc(N3CCOCC3)sc2c1. The van der Waals surface area contributed by atoms with Crippen LogP contribution < -0.4 is 15.5 Å². The molecule has 1 aliphatic heterocycles. The first-order valence-corrected chi connectivity index (χ1v) is 8.76. The van der Waals surface area contributed by atoms with Gasteiger partial charge < -0.3 is 25.0 Å². The Morgan fingerprint density at radius 1 is 1.43 bits per heavy atom. The number of aromatic nitrogens is 1. The van der Waals surface area contributed by atoms with Crippen molar-refractivity contribution in [3.05, 3.63) is 18.2 Å². The Kier molecular flexibility index (Phi) is 5.60.